The highest BCUT2D eigenvalue weighted by atomic mass is 19.4. The van der Waals surface area contributed by atoms with Crippen molar-refractivity contribution in [3.63, 3.8) is 0 Å². The first-order valence-electron chi connectivity index (χ1n) is 5.90. The molecule has 0 radical (unpaired) electrons. The maximum atomic E-state index is 12.9. The van der Waals surface area contributed by atoms with Crippen molar-refractivity contribution < 1.29 is 18.3 Å². The van der Waals surface area contributed by atoms with Crippen molar-refractivity contribution in [2.75, 3.05) is 11.9 Å². The minimum Gasteiger partial charge on any atom is -0.393 e. The summed E-state index contributed by atoms with van der Waals surface area (Å²) in [6.07, 6.45) is -4.01. The lowest BCUT2D eigenvalue weighted by atomic mass is 10.0. The largest absolute Gasteiger partial charge is 0.416 e. The molecule has 0 bridgehead atoms. The molecule has 100 valence electrons. The van der Waals surface area contributed by atoms with E-state index in [0.29, 0.717) is 24.1 Å². The summed E-state index contributed by atoms with van der Waals surface area (Å²) in [4.78, 5) is 1.83. The molecule has 0 spiro atoms. The first-order chi connectivity index (χ1) is 8.30. The predicted octanol–water partition coefficient (Wildman–Crippen LogP) is 2.84. The number of fused-ring (bicyclic) bond motifs is 1. The smallest absolute Gasteiger partial charge is 0.393 e. The molecule has 5 heteroatoms. The Hall–Kier alpha value is -1.23. The van der Waals surface area contributed by atoms with Gasteiger partial charge in [0.05, 0.1) is 11.7 Å². The monoisotopic (exact) mass is 259 g/mol. The standard InChI is InChI=1S/C13H16F3NO/c1-8(18)6-9-7-10-11(13(14,15)16)4-3-5-12(10)17(9)2/h3-5,8-9,18H,6-7H2,1-2H3. The third-order valence-corrected chi connectivity index (χ3v) is 3.44. The van der Waals surface area contributed by atoms with Gasteiger partial charge >= 0.3 is 6.18 Å². The van der Waals surface area contributed by atoms with Gasteiger partial charge in [0.15, 0.2) is 0 Å². The first kappa shape index (κ1) is 13.2. The Balaban J connectivity index is 2.36. The van der Waals surface area contributed by atoms with E-state index in [1.807, 2.05) is 4.90 Å². The summed E-state index contributed by atoms with van der Waals surface area (Å²) in [6, 6.07) is 4.19. The lowest BCUT2D eigenvalue weighted by Gasteiger charge is -2.23. The van der Waals surface area contributed by atoms with Crippen molar-refractivity contribution in [3.8, 4) is 0 Å². The highest BCUT2D eigenvalue weighted by molar-refractivity contribution is 5.62. The molecule has 2 atom stereocenters. The molecule has 2 nitrogen and oxygen atoms in total. The summed E-state index contributed by atoms with van der Waals surface area (Å²) >= 11 is 0. The molecule has 0 amide bonds. The molecular weight excluding hydrogens is 243 g/mol. The average Bonchev–Trinajstić information content (AvgIpc) is 2.54. The van der Waals surface area contributed by atoms with Gasteiger partial charge in [-0.25, -0.2) is 0 Å². The third-order valence-electron chi connectivity index (χ3n) is 3.44. The number of likely N-dealkylation sites (N-methyl/N-ethyl adjacent to an activating group) is 1. The maximum Gasteiger partial charge on any atom is 0.416 e. The summed E-state index contributed by atoms with van der Waals surface area (Å²) < 4.78 is 38.7. The maximum absolute atomic E-state index is 12.9. The van der Waals surface area contributed by atoms with Crippen LogP contribution in [0.25, 0.3) is 0 Å². The topological polar surface area (TPSA) is 23.5 Å². The Morgan fingerprint density at radius 1 is 1.44 bits per heavy atom. The second kappa shape index (κ2) is 4.46. The Bertz CT molecular complexity index is 442. The van der Waals surface area contributed by atoms with Crippen LogP contribution in [0.4, 0.5) is 18.9 Å². The zero-order valence-corrected chi connectivity index (χ0v) is 10.3. The second-order valence-electron chi connectivity index (χ2n) is 4.85. The Labute approximate surface area is 104 Å². The number of hydrogen-bond acceptors (Lipinski definition) is 2. The molecule has 1 aliphatic heterocycles. The van der Waals surface area contributed by atoms with Gasteiger partial charge in [-0.2, -0.15) is 13.2 Å². The van der Waals surface area contributed by atoms with Crippen molar-refractivity contribution >= 4 is 5.69 Å². The number of hydrogen-bond donors (Lipinski definition) is 1. The molecule has 18 heavy (non-hydrogen) atoms. The van der Waals surface area contributed by atoms with Crippen LogP contribution in [-0.2, 0) is 12.6 Å². The summed E-state index contributed by atoms with van der Waals surface area (Å²) in [6.45, 7) is 1.65. The van der Waals surface area contributed by atoms with E-state index < -0.39 is 17.8 Å². The molecule has 2 unspecified atom stereocenters. The van der Waals surface area contributed by atoms with Crippen molar-refractivity contribution in [2.45, 2.75) is 38.1 Å². The van der Waals surface area contributed by atoms with Crippen molar-refractivity contribution in [2.24, 2.45) is 0 Å². The fourth-order valence-corrected chi connectivity index (χ4v) is 2.59. The number of aliphatic hydroxyl groups is 1. The molecule has 1 heterocycles. The molecule has 0 saturated carbocycles. The van der Waals surface area contributed by atoms with Crippen LogP contribution in [0.2, 0.25) is 0 Å². The van der Waals surface area contributed by atoms with Crippen molar-refractivity contribution in [3.05, 3.63) is 29.3 Å². The summed E-state index contributed by atoms with van der Waals surface area (Å²) in [5, 5.41) is 9.39. The lowest BCUT2D eigenvalue weighted by Crippen LogP contribution is -2.30. The van der Waals surface area contributed by atoms with Gasteiger partial charge in [-0.15, -0.1) is 0 Å². The molecule has 0 aliphatic carbocycles. The van der Waals surface area contributed by atoms with Gasteiger partial charge in [0.1, 0.15) is 0 Å². The fourth-order valence-electron chi connectivity index (χ4n) is 2.59. The van der Waals surface area contributed by atoms with Gasteiger partial charge in [-0.1, -0.05) is 6.07 Å². The molecular formula is C13H16F3NO. The number of nitrogens with zero attached hydrogens (tertiary/aromatic N) is 1. The first-order valence-corrected chi connectivity index (χ1v) is 5.90. The zero-order chi connectivity index (χ0) is 13.5. The summed E-state index contributed by atoms with van der Waals surface area (Å²) in [7, 11) is 1.78. The molecule has 0 saturated heterocycles. The van der Waals surface area contributed by atoms with Gasteiger partial charge in [0.25, 0.3) is 0 Å². The minimum absolute atomic E-state index is 0.0662. The van der Waals surface area contributed by atoms with E-state index in [-0.39, 0.29) is 6.04 Å². The number of halogens is 3. The van der Waals surface area contributed by atoms with E-state index in [4.69, 9.17) is 0 Å². The fraction of sp³-hybridized carbons (Fsp3) is 0.538. The van der Waals surface area contributed by atoms with Crippen LogP contribution in [-0.4, -0.2) is 24.3 Å². The van der Waals surface area contributed by atoms with Crippen LogP contribution in [0.1, 0.15) is 24.5 Å². The molecule has 1 N–H and O–H groups in total. The van der Waals surface area contributed by atoms with Crippen LogP contribution in [0.3, 0.4) is 0 Å². The van der Waals surface area contributed by atoms with Crippen molar-refractivity contribution in [1.82, 2.24) is 0 Å². The number of rotatable bonds is 2. The van der Waals surface area contributed by atoms with Gasteiger partial charge in [0.2, 0.25) is 0 Å². The van der Waals surface area contributed by atoms with E-state index in [9.17, 15) is 18.3 Å². The quantitative estimate of drug-likeness (QED) is 0.882. The molecule has 1 aliphatic rings. The Morgan fingerprint density at radius 3 is 2.67 bits per heavy atom. The lowest BCUT2D eigenvalue weighted by molar-refractivity contribution is -0.138. The molecule has 0 fully saturated rings. The van der Waals surface area contributed by atoms with Crippen LogP contribution in [0.15, 0.2) is 18.2 Å². The summed E-state index contributed by atoms with van der Waals surface area (Å²) in [5.74, 6) is 0. The van der Waals surface area contributed by atoms with Gasteiger partial charge in [0, 0.05) is 18.8 Å². The summed E-state index contributed by atoms with van der Waals surface area (Å²) in [5.41, 5.74) is 0.411. The molecule has 1 aromatic rings. The van der Waals surface area contributed by atoms with Crippen LogP contribution >= 0.6 is 0 Å². The SMILES string of the molecule is CC(O)CC1Cc2c(cccc2C(F)(F)F)N1C. The van der Waals surface area contributed by atoms with E-state index in [0.717, 1.165) is 6.07 Å². The van der Waals surface area contributed by atoms with E-state index in [1.54, 1.807) is 20.0 Å². The number of benzene rings is 1. The normalized spacial score (nSPS) is 21.0. The third kappa shape index (κ3) is 2.32. The predicted molar refractivity (Wildman–Crippen MR) is 63.6 cm³/mol. The molecule has 2 rings (SSSR count). The van der Waals surface area contributed by atoms with Crippen LogP contribution in [0.5, 0.6) is 0 Å². The minimum atomic E-state index is -4.31. The number of aliphatic hydroxyl groups excluding tert-OH is 1. The van der Waals surface area contributed by atoms with E-state index >= 15 is 0 Å². The van der Waals surface area contributed by atoms with Crippen molar-refractivity contribution in [1.29, 1.82) is 0 Å². The number of alkyl halides is 3. The van der Waals surface area contributed by atoms with E-state index in [1.165, 1.54) is 6.07 Å². The second-order valence-corrected chi connectivity index (χ2v) is 4.85. The highest BCUT2D eigenvalue weighted by Crippen LogP contribution is 2.41. The molecule has 0 aromatic heterocycles. The highest BCUT2D eigenvalue weighted by Gasteiger charge is 2.38. The van der Waals surface area contributed by atoms with Crippen LogP contribution in [0, 0.1) is 0 Å². The Morgan fingerprint density at radius 2 is 2.11 bits per heavy atom. The van der Waals surface area contributed by atoms with Gasteiger partial charge in [-0.3, -0.25) is 0 Å². The molecule has 1 aromatic carbocycles. The van der Waals surface area contributed by atoms with Crippen LogP contribution < -0.4 is 4.90 Å². The van der Waals surface area contributed by atoms with Gasteiger partial charge in [-0.05, 0) is 37.5 Å². The Kier molecular flexibility index (Phi) is 3.27. The average molecular weight is 259 g/mol. The zero-order valence-electron chi connectivity index (χ0n) is 10.3. The number of anilines is 1. The van der Waals surface area contributed by atoms with Gasteiger partial charge < -0.3 is 10.0 Å². The van der Waals surface area contributed by atoms with E-state index in [2.05, 4.69) is 0 Å².